The Bertz CT molecular complexity index is 1790. The summed E-state index contributed by atoms with van der Waals surface area (Å²) in [5.41, 5.74) is 3.87. The van der Waals surface area contributed by atoms with E-state index in [0.717, 1.165) is 21.3 Å². The number of benzene rings is 1. The summed E-state index contributed by atoms with van der Waals surface area (Å²) >= 11 is 2.98. The summed E-state index contributed by atoms with van der Waals surface area (Å²) < 4.78 is 10.0. The van der Waals surface area contributed by atoms with Gasteiger partial charge in [-0.2, -0.15) is 0 Å². The van der Waals surface area contributed by atoms with Gasteiger partial charge >= 0.3 is 12.1 Å². The van der Waals surface area contributed by atoms with E-state index in [0.29, 0.717) is 31.9 Å². The highest BCUT2D eigenvalue weighted by molar-refractivity contribution is 7.10. The summed E-state index contributed by atoms with van der Waals surface area (Å²) in [4.78, 5) is 67.2. The van der Waals surface area contributed by atoms with Gasteiger partial charge in [-0.15, -0.1) is 22.7 Å². The number of carbonyl (C=O) groups is 4. The number of urea groups is 1. The lowest BCUT2D eigenvalue weighted by atomic mass is 9.84. The first-order valence-corrected chi connectivity index (χ1v) is 20.9. The van der Waals surface area contributed by atoms with Gasteiger partial charge in [0.25, 0.3) is 5.91 Å². The summed E-state index contributed by atoms with van der Waals surface area (Å²) in [6.45, 7) is 16.8. The van der Waals surface area contributed by atoms with Crippen molar-refractivity contribution >= 4 is 46.6 Å². The number of aliphatic hydroxyl groups is 1. The molecular weight excluding hydrogens is 769 g/mol. The maximum absolute atomic E-state index is 14.5. The van der Waals surface area contributed by atoms with Gasteiger partial charge in [0, 0.05) is 43.4 Å². The molecule has 0 spiro atoms. The molecule has 1 fully saturated rings. The molecule has 0 saturated carbocycles. The van der Waals surface area contributed by atoms with Crippen LogP contribution in [0.5, 0.6) is 0 Å². The molecule has 0 aliphatic carbocycles. The molecule has 3 heterocycles. The molecule has 314 valence electrons. The number of amides is 5. The SMILES string of the molecule is COCc1nc(CN2CCN(C(C(=O)NC(Cc3ccccc3)C(O)CN(Cc3csc(C(C)C)n3)NC(=O)C(NC(=O)OC)C(C)(C)C)C(C)(C)C)C2=O)cs1. The van der Waals surface area contributed by atoms with Crippen LogP contribution < -0.4 is 16.1 Å². The zero-order chi connectivity index (χ0) is 42.1. The number of hydrazine groups is 1. The Morgan fingerprint density at radius 1 is 0.930 bits per heavy atom. The molecule has 4 atom stereocenters. The molecule has 2 aromatic heterocycles. The van der Waals surface area contributed by atoms with Crippen molar-refractivity contribution in [3.05, 3.63) is 68.1 Å². The highest BCUT2D eigenvalue weighted by Crippen LogP contribution is 2.29. The minimum atomic E-state index is -1.21. The first-order valence-electron chi connectivity index (χ1n) is 19.1. The molecule has 4 N–H and O–H groups in total. The van der Waals surface area contributed by atoms with E-state index in [4.69, 9.17) is 14.5 Å². The van der Waals surface area contributed by atoms with Gasteiger partial charge < -0.3 is 35.0 Å². The third-order valence-corrected chi connectivity index (χ3v) is 11.6. The number of nitrogens with one attached hydrogen (secondary N) is 3. The first-order chi connectivity index (χ1) is 26.8. The number of hydrogen-bond acceptors (Lipinski definition) is 12. The van der Waals surface area contributed by atoms with E-state index in [2.05, 4.69) is 21.0 Å². The summed E-state index contributed by atoms with van der Waals surface area (Å²) in [6, 6.07) is 6.55. The molecule has 1 aliphatic heterocycles. The van der Waals surface area contributed by atoms with Crippen molar-refractivity contribution in [2.24, 2.45) is 10.8 Å². The Hall–Kier alpha value is -4.16. The van der Waals surface area contributed by atoms with Gasteiger partial charge in [0.2, 0.25) is 5.91 Å². The Labute approximate surface area is 344 Å². The fourth-order valence-electron chi connectivity index (χ4n) is 6.64. The van der Waals surface area contributed by atoms with Crippen molar-refractivity contribution in [3.63, 3.8) is 0 Å². The molecule has 17 heteroatoms. The van der Waals surface area contributed by atoms with E-state index >= 15 is 0 Å². The Morgan fingerprint density at radius 2 is 1.61 bits per heavy atom. The maximum atomic E-state index is 14.5. The number of methoxy groups -OCH3 is 2. The number of thiazole rings is 2. The van der Waals surface area contributed by atoms with E-state index in [9.17, 15) is 24.3 Å². The molecule has 4 unspecified atom stereocenters. The third kappa shape index (κ3) is 12.9. The van der Waals surface area contributed by atoms with Crippen LogP contribution in [0.3, 0.4) is 0 Å². The van der Waals surface area contributed by atoms with E-state index in [1.807, 2.05) is 96.5 Å². The van der Waals surface area contributed by atoms with Crippen LogP contribution in [-0.2, 0) is 45.2 Å². The molecule has 5 amide bonds. The van der Waals surface area contributed by atoms with E-state index in [-0.39, 0.29) is 31.5 Å². The number of aliphatic hydroxyl groups excluding tert-OH is 1. The van der Waals surface area contributed by atoms with E-state index < -0.39 is 53.0 Å². The molecule has 3 aromatic rings. The Morgan fingerprint density at radius 3 is 2.21 bits per heavy atom. The van der Waals surface area contributed by atoms with Crippen molar-refractivity contribution < 1.29 is 33.8 Å². The number of hydrogen-bond donors (Lipinski definition) is 4. The number of aromatic nitrogens is 2. The van der Waals surface area contributed by atoms with Crippen LogP contribution in [0.15, 0.2) is 41.1 Å². The quantitative estimate of drug-likeness (QED) is 0.129. The number of ether oxygens (including phenoxy) is 2. The zero-order valence-corrected chi connectivity index (χ0v) is 36.5. The average Bonchev–Trinajstić information content (AvgIpc) is 3.87. The third-order valence-electron chi connectivity index (χ3n) is 9.49. The number of rotatable bonds is 18. The predicted molar refractivity (Wildman–Crippen MR) is 220 cm³/mol. The van der Waals surface area contributed by atoms with Crippen molar-refractivity contribution in [3.8, 4) is 0 Å². The van der Waals surface area contributed by atoms with E-state index in [1.54, 1.807) is 21.9 Å². The van der Waals surface area contributed by atoms with Gasteiger partial charge in [0.05, 0.1) is 55.3 Å². The molecular formula is C40H60N8O7S2. The number of nitrogens with zero attached hydrogens (tertiary/aromatic N) is 5. The lowest BCUT2D eigenvalue weighted by Gasteiger charge is -2.38. The minimum Gasteiger partial charge on any atom is -0.453 e. The van der Waals surface area contributed by atoms with Gasteiger partial charge in [-0.25, -0.2) is 24.6 Å². The van der Waals surface area contributed by atoms with Crippen LogP contribution in [-0.4, -0.2) is 112 Å². The summed E-state index contributed by atoms with van der Waals surface area (Å²) in [5.74, 6) is -0.718. The van der Waals surface area contributed by atoms with Crippen LogP contribution in [0.4, 0.5) is 9.59 Å². The fourth-order valence-corrected chi connectivity index (χ4v) is 8.22. The highest BCUT2D eigenvalue weighted by Gasteiger charge is 2.44. The lowest BCUT2D eigenvalue weighted by molar-refractivity contribution is -0.133. The van der Waals surface area contributed by atoms with Gasteiger partial charge in [-0.05, 0) is 22.8 Å². The first kappa shape index (κ1) is 45.5. The normalized spacial score (nSPS) is 15.8. The van der Waals surface area contributed by atoms with Crippen LogP contribution in [0.2, 0.25) is 0 Å². The molecule has 0 bridgehead atoms. The number of alkyl carbamates (subject to hydrolysis) is 1. The van der Waals surface area contributed by atoms with Crippen molar-refractivity contribution in [2.75, 3.05) is 33.9 Å². The summed E-state index contributed by atoms with van der Waals surface area (Å²) in [6.07, 6.45) is -1.70. The van der Waals surface area contributed by atoms with Gasteiger partial charge in [-0.1, -0.05) is 85.7 Å². The second kappa shape index (κ2) is 20.0. The van der Waals surface area contributed by atoms with Crippen molar-refractivity contribution in [1.29, 1.82) is 0 Å². The van der Waals surface area contributed by atoms with Crippen LogP contribution in [0, 0.1) is 10.8 Å². The monoisotopic (exact) mass is 828 g/mol. The largest absolute Gasteiger partial charge is 0.453 e. The summed E-state index contributed by atoms with van der Waals surface area (Å²) in [7, 11) is 2.84. The van der Waals surface area contributed by atoms with Crippen LogP contribution in [0.1, 0.15) is 88.3 Å². The Balaban J connectivity index is 1.60. The maximum Gasteiger partial charge on any atom is 0.407 e. The second-order valence-corrected chi connectivity index (χ2v) is 18.7. The van der Waals surface area contributed by atoms with E-state index in [1.165, 1.54) is 29.8 Å². The predicted octanol–water partition coefficient (Wildman–Crippen LogP) is 4.91. The average molecular weight is 829 g/mol. The number of carbonyl (C=O) groups excluding carboxylic acids is 4. The van der Waals surface area contributed by atoms with Gasteiger partial charge in [-0.3, -0.25) is 15.0 Å². The minimum absolute atomic E-state index is 0.109. The Kier molecular flexibility index (Phi) is 16.0. The zero-order valence-electron chi connectivity index (χ0n) is 34.8. The van der Waals surface area contributed by atoms with Crippen molar-refractivity contribution in [2.45, 2.75) is 112 Å². The lowest BCUT2D eigenvalue weighted by Crippen LogP contribution is -2.61. The molecule has 4 rings (SSSR count). The topological polar surface area (TPSA) is 179 Å². The molecule has 1 aromatic carbocycles. The molecule has 57 heavy (non-hydrogen) atoms. The van der Waals surface area contributed by atoms with Gasteiger partial charge in [0.1, 0.15) is 17.1 Å². The molecule has 1 aliphatic rings. The highest BCUT2D eigenvalue weighted by atomic mass is 32.1. The summed E-state index contributed by atoms with van der Waals surface area (Å²) in [5, 5.41) is 25.0. The molecule has 0 radical (unpaired) electrons. The smallest absolute Gasteiger partial charge is 0.407 e. The van der Waals surface area contributed by atoms with Crippen molar-refractivity contribution in [1.82, 2.24) is 40.8 Å². The second-order valence-electron chi connectivity index (χ2n) is 16.8. The van der Waals surface area contributed by atoms with Crippen LogP contribution >= 0.6 is 22.7 Å². The fraction of sp³-hybridized carbons (Fsp3) is 0.600. The molecule has 1 saturated heterocycles. The van der Waals surface area contributed by atoms with Crippen LogP contribution in [0.25, 0.3) is 0 Å². The molecule has 15 nitrogen and oxygen atoms in total. The standard InChI is InChI=1S/C40H60N8O7S2/c1-25(2)36-42-28(24-57-36)20-47(45-34(50)32(39(3,4)5)44-37(52)55-10)21-30(49)29(18-26-14-12-11-13-15-26)43-35(51)33(40(6,7)8)48-17-16-46(38(48)53)19-27-23-56-31(41-27)22-54-9/h11-15,23-25,29-30,32-33,49H,16-22H2,1-10H3,(H,43,51)(H,44,52)(H,45,50). The van der Waals surface area contributed by atoms with Gasteiger partial charge in [0.15, 0.2) is 0 Å².